The van der Waals surface area contributed by atoms with E-state index in [2.05, 4.69) is 39.3 Å². The second kappa shape index (κ2) is 5.81. The van der Waals surface area contributed by atoms with Gasteiger partial charge in [-0.2, -0.15) is 5.26 Å². The van der Waals surface area contributed by atoms with Gasteiger partial charge in [-0.1, -0.05) is 0 Å². The SMILES string of the molecule is CN1CCC(Nc2nc(C3CC3)c3oc(C#N)cc3c2Br)CC1. The van der Waals surface area contributed by atoms with E-state index in [1.807, 2.05) is 6.07 Å². The molecule has 1 aliphatic carbocycles. The molecule has 2 aliphatic rings. The molecule has 0 bridgehead atoms. The van der Waals surface area contributed by atoms with E-state index in [0.717, 1.165) is 65.7 Å². The van der Waals surface area contributed by atoms with Crippen molar-refractivity contribution in [2.45, 2.75) is 37.6 Å². The lowest BCUT2D eigenvalue weighted by molar-refractivity contribution is 0.263. The van der Waals surface area contributed by atoms with Gasteiger partial charge in [-0.25, -0.2) is 4.98 Å². The number of hydrogen-bond acceptors (Lipinski definition) is 5. The summed E-state index contributed by atoms with van der Waals surface area (Å²) in [5, 5.41) is 13.7. The Bertz CT molecular complexity index is 782. The average Bonchev–Trinajstić information content (AvgIpc) is 3.30. The number of piperidine rings is 1. The van der Waals surface area contributed by atoms with Gasteiger partial charge >= 0.3 is 0 Å². The van der Waals surface area contributed by atoms with E-state index in [4.69, 9.17) is 14.7 Å². The summed E-state index contributed by atoms with van der Waals surface area (Å²) in [4.78, 5) is 7.20. The van der Waals surface area contributed by atoms with Gasteiger partial charge in [0.2, 0.25) is 5.76 Å². The summed E-state index contributed by atoms with van der Waals surface area (Å²) in [6, 6.07) is 4.35. The maximum absolute atomic E-state index is 9.13. The molecule has 0 radical (unpaired) electrons. The Morgan fingerprint density at radius 3 is 2.74 bits per heavy atom. The van der Waals surface area contributed by atoms with Gasteiger partial charge in [0.05, 0.1) is 10.2 Å². The Labute approximate surface area is 143 Å². The van der Waals surface area contributed by atoms with Gasteiger partial charge in [0.15, 0.2) is 5.58 Å². The van der Waals surface area contributed by atoms with Gasteiger partial charge in [-0.15, -0.1) is 0 Å². The summed E-state index contributed by atoms with van der Waals surface area (Å²) in [5.41, 5.74) is 1.77. The summed E-state index contributed by atoms with van der Waals surface area (Å²) in [7, 11) is 2.16. The number of likely N-dealkylation sites (tertiary alicyclic amines) is 1. The molecule has 0 spiro atoms. The summed E-state index contributed by atoms with van der Waals surface area (Å²) in [6.45, 7) is 2.22. The Morgan fingerprint density at radius 1 is 1.35 bits per heavy atom. The maximum Gasteiger partial charge on any atom is 0.204 e. The summed E-state index contributed by atoms with van der Waals surface area (Å²) in [5.74, 6) is 1.71. The molecule has 2 fully saturated rings. The van der Waals surface area contributed by atoms with E-state index in [0.29, 0.717) is 17.7 Å². The highest BCUT2D eigenvalue weighted by molar-refractivity contribution is 9.10. The number of rotatable bonds is 3. The minimum atomic E-state index is 0.348. The first kappa shape index (κ1) is 15.0. The largest absolute Gasteiger partial charge is 0.444 e. The Kier molecular flexibility index (Phi) is 3.78. The molecule has 1 saturated carbocycles. The van der Waals surface area contributed by atoms with Gasteiger partial charge < -0.3 is 14.6 Å². The van der Waals surface area contributed by atoms with Crippen molar-refractivity contribution in [3.63, 3.8) is 0 Å². The molecule has 6 heteroatoms. The summed E-state index contributed by atoms with van der Waals surface area (Å²) in [6.07, 6.45) is 4.55. The molecule has 1 saturated heterocycles. The third-order valence-corrected chi connectivity index (χ3v) is 5.58. The van der Waals surface area contributed by atoms with Crippen molar-refractivity contribution in [1.29, 1.82) is 5.26 Å². The Morgan fingerprint density at radius 2 is 2.09 bits per heavy atom. The molecule has 2 aromatic rings. The fraction of sp³-hybridized carbons (Fsp3) is 0.529. The number of nitrogens with zero attached hydrogens (tertiary/aromatic N) is 3. The molecule has 0 amide bonds. The second-order valence-electron chi connectivity index (χ2n) is 6.62. The zero-order chi connectivity index (χ0) is 16.0. The van der Waals surface area contributed by atoms with Crippen molar-refractivity contribution in [2.75, 3.05) is 25.5 Å². The van der Waals surface area contributed by atoms with E-state index in [-0.39, 0.29) is 0 Å². The lowest BCUT2D eigenvalue weighted by atomic mass is 10.1. The predicted octanol–water partition coefficient (Wildman–Crippen LogP) is 3.85. The highest BCUT2D eigenvalue weighted by Gasteiger charge is 2.31. The maximum atomic E-state index is 9.13. The zero-order valence-electron chi connectivity index (χ0n) is 13.1. The van der Waals surface area contributed by atoms with Crippen molar-refractivity contribution in [2.24, 2.45) is 0 Å². The normalized spacial score (nSPS) is 19.9. The first-order valence-corrected chi connectivity index (χ1v) is 8.93. The molecule has 1 N–H and O–H groups in total. The minimum Gasteiger partial charge on any atom is -0.444 e. The van der Waals surface area contributed by atoms with Crippen LogP contribution in [0.15, 0.2) is 15.0 Å². The number of anilines is 1. The standard InChI is InChI=1S/C17H19BrN4O/c1-22-6-4-11(5-7-22)20-17-14(18)13-8-12(9-19)23-16(13)15(21-17)10-2-3-10/h8,10-11H,2-7H2,1H3,(H,20,21). The van der Waals surface area contributed by atoms with Crippen molar-refractivity contribution < 1.29 is 4.42 Å². The van der Waals surface area contributed by atoms with Gasteiger partial charge in [0.25, 0.3) is 0 Å². The monoisotopic (exact) mass is 374 g/mol. The van der Waals surface area contributed by atoms with Crippen molar-refractivity contribution >= 4 is 32.7 Å². The number of nitriles is 1. The van der Waals surface area contributed by atoms with Crippen LogP contribution >= 0.6 is 15.9 Å². The van der Waals surface area contributed by atoms with Crippen LogP contribution in [0.4, 0.5) is 5.82 Å². The van der Waals surface area contributed by atoms with Crippen LogP contribution < -0.4 is 5.32 Å². The third-order valence-electron chi connectivity index (χ3n) is 4.77. The molecule has 0 unspecified atom stereocenters. The molecule has 4 rings (SSSR count). The molecule has 2 aromatic heterocycles. The third kappa shape index (κ3) is 2.84. The molecule has 120 valence electrons. The molecule has 5 nitrogen and oxygen atoms in total. The fourth-order valence-corrected chi connectivity index (χ4v) is 3.72. The lowest BCUT2D eigenvalue weighted by Gasteiger charge is -2.30. The van der Waals surface area contributed by atoms with Crippen LogP contribution in [0.3, 0.4) is 0 Å². The molecule has 0 atom stereocenters. The average molecular weight is 375 g/mol. The number of aromatic nitrogens is 1. The van der Waals surface area contributed by atoms with Crippen LogP contribution in [-0.2, 0) is 0 Å². The van der Waals surface area contributed by atoms with E-state index >= 15 is 0 Å². The molecular weight excluding hydrogens is 356 g/mol. The van der Waals surface area contributed by atoms with Crippen LogP contribution in [0, 0.1) is 11.3 Å². The Hall–Kier alpha value is -1.58. The quantitative estimate of drug-likeness (QED) is 0.883. The highest BCUT2D eigenvalue weighted by Crippen LogP contribution is 2.45. The Balaban J connectivity index is 1.71. The summed E-state index contributed by atoms with van der Waals surface area (Å²) < 4.78 is 6.61. The van der Waals surface area contributed by atoms with Crippen molar-refractivity contribution in [1.82, 2.24) is 9.88 Å². The second-order valence-corrected chi connectivity index (χ2v) is 7.41. The number of furan rings is 1. The number of nitrogens with one attached hydrogen (secondary N) is 1. The van der Waals surface area contributed by atoms with E-state index in [1.54, 1.807) is 0 Å². The van der Waals surface area contributed by atoms with Crippen LogP contribution in [0.25, 0.3) is 11.0 Å². The highest BCUT2D eigenvalue weighted by atomic mass is 79.9. The van der Waals surface area contributed by atoms with E-state index < -0.39 is 0 Å². The topological polar surface area (TPSA) is 65.1 Å². The number of pyridine rings is 1. The summed E-state index contributed by atoms with van der Waals surface area (Å²) >= 11 is 3.66. The molecule has 1 aliphatic heterocycles. The van der Waals surface area contributed by atoms with Gasteiger partial charge in [0.1, 0.15) is 11.9 Å². The molecule has 23 heavy (non-hydrogen) atoms. The van der Waals surface area contributed by atoms with Gasteiger partial charge in [-0.3, -0.25) is 0 Å². The van der Waals surface area contributed by atoms with Crippen LogP contribution in [0.1, 0.15) is 43.1 Å². The van der Waals surface area contributed by atoms with E-state index in [1.165, 1.54) is 0 Å². The van der Waals surface area contributed by atoms with Crippen LogP contribution in [-0.4, -0.2) is 36.1 Å². The number of hydrogen-bond donors (Lipinski definition) is 1. The number of fused-ring (bicyclic) bond motifs is 1. The smallest absolute Gasteiger partial charge is 0.204 e. The lowest BCUT2D eigenvalue weighted by Crippen LogP contribution is -2.37. The van der Waals surface area contributed by atoms with Gasteiger partial charge in [0, 0.05) is 23.4 Å². The van der Waals surface area contributed by atoms with Crippen molar-refractivity contribution in [3.8, 4) is 6.07 Å². The number of halogens is 1. The van der Waals surface area contributed by atoms with Gasteiger partial charge in [-0.05, 0) is 61.8 Å². The predicted molar refractivity (Wildman–Crippen MR) is 92.5 cm³/mol. The van der Waals surface area contributed by atoms with Crippen LogP contribution in [0.5, 0.6) is 0 Å². The molecule has 3 heterocycles. The zero-order valence-corrected chi connectivity index (χ0v) is 14.7. The molecule has 0 aromatic carbocycles. The first-order valence-electron chi connectivity index (χ1n) is 8.14. The van der Waals surface area contributed by atoms with Crippen LogP contribution in [0.2, 0.25) is 0 Å². The minimum absolute atomic E-state index is 0.348. The molecular formula is C17H19BrN4O. The van der Waals surface area contributed by atoms with E-state index in [9.17, 15) is 0 Å². The first-order chi connectivity index (χ1) is 11.2. The van der Waals surface area contributed by atoms with Crippen molar-refractivity contribution in [3.05, 3.63) is 22.0 Å². The fourth-order valence-electron chi connectivity index (χ4n) is 3.22.